The summed E-state index contributed by atoms with van der Waals surface area (Å²) in [7, 11) is 1.41. The molecule has 0 spiro atoms. The Bertz CT molecular complexity index is 1170. The van der Waals surface area contributed by atoms with Crippen LogP contribution in [0.25, 0.3) is 0 Å². The molecule has 298 valence electrons. The van der Waals surface area contributed by atoms with Crippen molar-refractivity contribution in [3.63, 3.8) is 0 Å². The molecule has 2 fully saturated rings. The summed E-state index contributed by atoms with van der Waals surface area (Å²) in [5, 5.41) is 9.15. The van der Waals surface area contributed by atoms with Crippen LogP contribution in [0.5, 0.6) is 0 Å². The molecular weight excluding hydrogens is 787 g/mol. The summed E-state index contributed by atoms with van der Waals surface area (Å²) in [6.45, 7) is 23.9. The van der Waals surface area contributed by atoms with Gasteiger partial charge in [0, 0.05) is 23.1 Å². The number of aliphatic hydroxyl groups is 1. The van der Waals surface area contributed by atoms with E-state index in [0.29, 0.717) is 31.8 Å². The molecule has 2 aliphatic rings. The van der Waals surface area contributed by atoms with Gasteiger partial charge in [-0.1, -0.05) is 115 Å². The SMILES string of the molecule is CC(C)I.CC1CC(CO)N(C(=O)OC(C)(C)C)C1.CCC.COC(=O)C1CCN(C(=O)OCc2ccccc2)C(C(C)(C)C)C1.O=C=O.O=C=O. The Morgan fingerprint density at radius 3 is 1.81 bits per heavy atom. The number of carbonyl (C=O) groups is 3. The zero-order chi connectivity index (χ0) is 41.1. The summed E-state index contributed by atoms with van der Waals surface area (Å²) in [5.74, 6) is 0.0913. The minimum absolute atomic E-state index is 0.0174. The van der Waals surface area contributed by atoms with E-state index >= 15 is 0 Å². The van der Waals surface area contributed by atoms with Gasteiger partial charge >= 0.3 is 30.5 Å². The summed E-state index contributed by atoms with van der Waals surface area (Å²) in [6, 6.07) is 9.49. The summed E-state index contributed by atoms with van der Waals surface area (Å²) in [6.07, 6.45) is 3.19. The Balaban J connectivity index is -0.000000727. The lowest BCUT2D eigenvalue weighted by molar-refractivity contribution is -0.193. The molecule has 0 saturated carbocycles. The van der Waals surface area contributed by atoms with Crippen molar-refractivity contribution in [2.45, 2.75) is 130 Å². The predicted octanol–water partition coefficient (Wildman–Crippen LogP) is 7.33. The first kappa shape index (κ1) is 53.0. The van der Waals surface area contributed by atoms with E-state index in [1.807, 2.05) is 51.1 Å². The molecule has 1 N–H and O–H groups in total. The number of alkyl halides is 1. The zero-order valence-electron chi connectivity index (χ0n) is 33.2. The van der Waals surface area contributed by atoms with Crippen molar-refractivity contribution in [1.82, 2.24) is 9.80 Å². The van der Waals surface area contributed by atoms with Crippen molar-refractivity contribution in [2.24, 2.45) is 17.3 Å². The van der Waals surface area contributed by atoms with Crippen LogP contribution in [-0.4, -0.2) is 93.8 Å². The van der Waals surface area contributed by atoms with Crippen molar-refractivity contribution in [2.75, 3.05) is 26.8 Å². The van der Waals surface area contributed by atoms with Gasteiger partial charge in [-0.15, -0.1) is 0 Å². The third-order valence-electron chi connectivity index (χ3n) is 7.04. The van der Waals surface area contributed by atoms with Crippen molar-refractivity contribution in [3.8, 4) is 0 Å². The van der Waals surface area contributed by atoms with E-state index < -0.39 is 5.60 Å². The zero-order valence-corrected chi connectivity index (χ0v) is 35.4. The van der Waals surface area contributed by atoms with Gasteiger partial charge in [0.25, 0.3) is 0 Å². The molecule has 2 heterocycles. The second kappa shape index (κ2) is 29.2. The van der Waals surface area contributed by atoms with Gasteiger partial charge < -0.3 is 29.1 Å². The van der Waals surface area contributed by atoms with Gasteiger partial charge in [0.2, 0.25) is 0 Å². The van der Waals surface area contributed by atoms with Gasteiger partial charge in [-0.05, 0) is 56.9 Å². The van der Waals surface area contributed by atoms with Gasteiger partial charge in [0.15, 0.2) is 0 Å². The Hall–Kier alpha value is -3.32. The highest BCUT2D eigenvalue weighted by atomic mass is 127. The Morgan fingerprint density at radius 1 is 0.923 bits per heavy atom. The number of aliphatic hydroxyl groups excluding tert-OH is 1. The molecule has 0 radical (unpaired) electrons. The number of amides is 2. The standard InChI is InChI=1S/C19H27NO4.C11H21NO3.C3H7I.C3H8.2CO2/c1-19(2,3)16-12-15(17(21)23-4)10-11-20(16)18(22)24-13-14-8-6-5-7-9-14;1-8-5-9(7-13)12(6-8)10(14)15-11(2,3)4;1-3(2)4;1-3-2;2*2-1-3/h5-9,15-16H,10-13H2,1-4H3;8-9,13H,5-7H2,1-4H3;3H,1-2H3;3H2,1-2H3;;. The number of methoxy groups -OCH3 is 1. The highest BCUT2D eigenvalue weighted by molar-refractivity contribution is 14.1. The lowest BCUT2D eigenvalue weighted by Gasteiger charge is -2.44. The molecule has 52 heavy (non-hydrogen) atoms. The number of likely N-dealkylation sites (tertiary alicyclic amines) is 2. The molecule has 0 aliphatic carbocycles. The monoisotopic (exact) mass is 850 g/mol. The van der Waals surface area contributed by atoms with Crippen molar-refractivity contribution in [1.29, 1.82) is 0 Å². The smallest absolute Gasteiger partial charge is 0.410 e. The molecule has 4 atom stereocenters. The number of halogens is 1. The van der Waals surface area contributed by atoms with Crippen LogP contribution in [0.2, 0.25) is 0 Å². The van der Waals surface area contributed by atoms with E-state index in [-0.39, 0.29) is 67.1 Å². The molecule has 13 nitrogen and oxygen atoms in total. The number of nitrogens with zero attached hydrogens (tertiary/aromatic N) is 2. The van der Waals surface area contributed by atoms with Crippen LogP contribution in [0.3, 0.4) is 0 Å². The van der Waals surface area contributed by atoms with Crippen LogP contribution < -0.4 is 0 Å². The summed E-state index contributed by atoms with van der Waals surface area (Å²) >= 11 is 2.34. The number of esters is 1. The van der Waals surface area contributed by atoms with Gasteiger partial charge in [-0.3, -0.25) is 4.79 Å². The Morgan fingerprint density at radius 2 is 1.40 bits per heavy atom. The van der Waals surface area contributed by atoms with E-state index in [1.54, 1.807) is 9.80 Å². The second-order valence-electron chi connectivity index (χ2n) is 14.6. The first-order chi connectivity index (χ1) is 24.1. The summed E-state index contributed by atoms with van der Waals surface area (Å²) in [4.78, 5) is 72.1. The van der Waals surface area contributed by atoms with Crippen LogP contribution in [0.4, 0.5) is 9.59 Å². The maximum atomic E-state index is 12.6. The van der Waals surface area contributed by atoms with Gasteiger partial charge in [-0.25, -0.2) is 9.59 Å². The first-order valence-corrected chi connectivity index (χ1v) is 18.7. The van der Waals surface area contributed by atoms with Crippen LogP contribution in [0.15, 0.2) is 30.3 Å². The average molecular weight is 851 g/mol. The highest BCUT2D eigenvalue weighted by Crippen LogP contribution is 2.35. The van der Waals surface area contributed by atoms with E-state index in [0.717, 1.165) is 15.9 Å². The molecular formula is C38H63IN2O11. The van der Waals surface area contributed by atoms with E-state index in [9.17, 15) is 14.4 Å². The number of rotatable bonds is 4. The molecule has 1 aromatic rings. The number of piperidine rings is 1. The quantitative estimate of drug-likeness (QED) is 0.139. The van der Waals surface area contributed by atoms with Crippen LogP contribution in [0.1, 0.15) is 107 Å². The number of ether oxygens (including phenoxy) is 3. The van der Waals surface area contributed by atoms with Gasteiger partial charge in [0.05, 0.1) is 25.7 Å². The third kappa shape index (κ3) is 25.6. The highest BCUT2D eigenvalue weighted by Gasteiger charge is 2.41. The fourth-order valence-electron chi connectivity index (χ4n) is 5.06. The number of hydrogen-bond acceptors (Lipinski definition) is 11. The topological polar surface area (TPSA) is 174 Å². The lowest BCUT2D eigenvalue weighted by Crippen LogP contribution is -2.53. The van der Waals surface area contributed by atoms with Crippen molar-refractivity contribution >= 4 is 53.0 Å². The van der Waals surface area contributed by atoms with Gasteiger partial charge in [0.1, 0.15) is 12.2 Å². The van der Waals surface area contributed by atoms with Crippen LogP contribution >= 0.6 is 22.6 Å². The fraction of sp³-hybridized carbons (Fsp3) is 0.711. The molecule has 2 amide bonds. The number of carbonyl (C=O) groups excluding carboxylic acids is 7. The van der Waals surface area contributed by atoms with Gasteiger partial charge in [-0.2, -0.15) is 19.2 Å². The summed E-state index contributed by atoms with van der Waals surface area (Å²) < 4.78 is 16.4. The third-order valence-corrected chi connectivity index (χ3v) is 7.04. The van der Waals surface area contributed by atoms with Crippen LogP contribution in [-0.2, 0) is 44.8 Å². The maximum absolute atomic E-state index is 12.6. The van der Waals surface area contributed by atoms with E-state index in [1.165, 1.54) is 13.5 Å². The Labute approximate surface area is 324 Å². The minimum atomic E-state index is -0.469. The van der Waals surface area contributed by atoms with Crippen LogP contribution in [0, 0.1) is 17.3 Å². The van der Waals surface area contributed by atoms with Crippen molar-refractivity contribution < 1.29 is 52.9 Å². The molecule has 0 bridgehead atoms. The van der Waals surface area contributed by atoms with E-state index in [2.05, 4.69) is 78.0 Å². The number of benzene rings is 1. The van der Waals surface area contributed by atoms with Crippen molar-refractivity contribution in [3.05, 3.63) is 35.9 Å². The molecule has 2 saturated heterocycles. The van der Waals surface area contributed by atoms with E-state index in [4.69, 9.17) is 38.5 Å². The Kier molecular flexibility index (Phi) is 29.8. The lowest BCUT2D eigenvalue weighted by atomic mass is 9.77. The molecule has 3 rings (SSSR count). The maximum Gasteiger partial charge on any atom is 0.410 e. The summed E-state index contributed by atoms with van der Waals surface area (Å²) in [5.41, 5.74) is 0.351. The molecule has 1 aromatic carbocycles. The number of hydrogen-bond donors (Lipinski definition) is 1. The molecule has 4 unspecified atom stereocenters. The minimum Gasteiger partial charge on any atom is -0.469 e. The molecule has 0 aromatic heterocycles. The first-order valence-electron chi connectivity index (χ1n) is 17.4. The molecule has 14 heteroatoms. The second-order valence-corrected chi connectivity index (χ2v) is 17.0. The molecule has 2 aliphatic heterocycles. The predicted molar refractivity (Wildman–Crippen MR) is 204 cm³/mol. The average Bonchev–Trinajstić information content (AvgIpc) is 3.44. The fourth-order valence-corrected chi connectivity index (χ4v) is 5.06. The largest absolute Gasteiger partial charge is 0.469 e. The normalized spacial score (nSPS) is 18.9.